The molecular weight excluding hydrogens is 246 g/mol. The number of carbonyl (C=O) groups excluding carboxylic acids is 1. The van der Waals surface area contributed by atoms with E-state index in [0.29, 0.717) is 18.8 Å². The van der Waals surface area contributed by atoms with E-state index >= 15 is 0 Å². The highest BCUT2D eigenvalue weighted by Crippen LogP contribution is 2.28. The Labute approximate surface area is 111 Å². The summed E-state index contributed by atoms with van der Waals surface area (Å²) in [5.41, 5.74) is 4.97. The van der Waals surface area contributed by atoms with Gasteiger partial charge in [-0.15, -0.1) is 0 Å². The van der Waals surface area contributed by atoms with E-state index in [0.717, 1.165) is 0 Å². The van der Waals surface area contributed by atoms with Crippen LogP contribution >= 0.6 is 0 Å². The van der Waals surface area contributed by atoms with Crippen molar-refractivity contribution in [1.82, 2.24) is 9.47 Å². The van der Waals surface area contributed by atoms with Gasteiger partial charge in [0.25, 0.3) is 5.56 Å². The molecule has 1 fully saturated rings. The third kappa shape index (κ3) is 2.63. The first-order chi connectivity index (χ1) is 8.82. The molecule has 0 radical (unpaired) electrons. The van der Waals surface area contributed by atoms with E-state index in [2.05, 4.69) is 0 Å². The molecule has 1 aliphatic rings. The van der Waals surface area contributed by atoms with Gasteiger partial charge in [-0.3, -0.25) is 9.59 Å². The summed E-state index contributed by atoms with van der Waals surface area (Å²) in [4.78, 5) is 25.1. The Hall–Kier alpha value is -1.82. The summed E-state index contributed by atoms with van der Waals surface area (Å²) < 4.78 is 1.28. The number of amides is 1. The lowest BCUT2D eigenvalue weighted by molar-refractivity contribution is -0.164. The van der Waals surface area contributed by atoms with Crippen molar-refractivity contribution >= 4 is 11.6 Å². The minimum Gasteiger partial charge on any atom is -0.398 e. The van der Waals surface area contributed by atoms with Gasteiger partial charge in [0.05, 0.1) is 13.1 Å². The van der Waals surface area contributed by atoms with Gasteiger partial charge in [-0.1, -0.05) is 13.8 Å². The van der Waals surface area contributed by atoms with E-state index in [4.69, 9.17) is 5.73 Å². The summed E-state index contributed by atoms with van der Waals surface area (Å²) in [5, 5.41) is 10.1. The van der Waals surface area contributed by atoms with Gasteiger partial charge in [0.15, 0.2) is 0 Å². The van der Waals surface area contributed by atoms with Gasteiger partial charge >= 0.3 is 0 Å². The number of aromatic nitrogens is 1. The van der Waals surface area contributed by atoms with Crippen LogP contribution in [0.5, 0.6) is 0 Å². The molecule has 1 aromatic heterocycles. The maximum atomic E-state index is 12.0. The topological polar surface area (TPSA) is 88.6 Å². The molecule has 6 nitrogen and oxygen atoms in total. The Balaban J connectivity index is 2.00. The number of aliphatic hydroxyl groups is 1. The van der Waals surface area contributed by atoms with Crippen molar-refractivity contribution in [2.24, 2.45) is 5.92 Å². The molecular formula is C13H19N3O3. The first-order valence-corrected chi connectivity index (χ1v) is 6.28. The minimum atomic E-state index is -0.795. The quantitative estimate of drug-likeness (QED) is 0.782. The number of carbonyl (C=O) groups is 1. The van der Waals surface area contributed by atoms with Crippen LogP contribution in [0.15, 0.2) is 23.1 Å². The molecule has 0 saturated carbocycles. The molecule has 0 aliphatic carbocycles. The second-order valence-electron chi connectivity index (χ2n) is 5.44. The number of pyridine rings is 1. The van der Waals surface area contributed by atoms with Gasteiger partial charge < -0.3 is 20.3 Å². The summed E-state index contributed by atoms with van der Waals surface area (Å²) in [6.45, 7) is 4.44. The Morgan fingerprint density at radius 3 is 2.68 bits per heavy atom. The Morgan fingerprint density at radius 2 is 2.11 bits per heavy atom. The molecule has 104 valence electrons. The lowest BCUT2D eigenvalue weighted by Gasteiger charge is -2.49. The van der Waals surface area contributed by atoms with Crippen LogP contribution in [0.4, 0.5) is 5.69 Å². The van der Waals surface area contributed by atoms with Gasteiger partial charge in [0, 0.05) is 18.0 Å². The number of anilines is 1. The molecule has 0 bridgehead atoms. The van der Waals surface area contributed by atoms with Crippen molar-refractivity contribution in [3.05, 3.63) is 28.7 Å². The molecule has 0 atom stereocenters. The first kappa shape index (κ1) is 13.6. The highest BCUT2D eigenvalue weighted by Gasteiger charge is 2.45. The normalized spacial score (nSPS) is 17.4. The fourth-order valence-corrected chi connectivity index (χ4v) is 2.08. The lowest BCUT2D eigenvalue weighted by Crippen LogP contribution is -2.66. The van der Waals surface area contributed by atoms with Crippen molar-refractivity contribution in [3.8, 4) is 0 Å². The van der Waals surface area contributed by atoms with Crippen LogP contribution in [0.2, 0.25) is 0 Å². The third-order valence-corrected chi connectivity index (χ3v) is 3.67. The predicted molar refractivity (Wildman–Crippen MR) is 71.5 cm³/mol. The number of likely N-dealkylation sites (tertiary alicyclic amines) is 1. The molecule has 19 heavy (non-hydrogen) atoms. The van der Waals surface area contributed by atoms with Gasteiger partial charge in [0.2, 0.25) is 5.91 Å². The smallest absolute Gasteiger partial charge is 0.251 e. The van der Waals surface area contributed by atoms with Crippen molar-refractivity contribution in [2.75, 3.05) is 18.8 Å². The highest BCUT2D eigenvalue weighted by atomic mass is 16.3. The summed E-state index contributed by atoms with van der Waals surface area (Å²) in [6, 6.07) is 2.84. The van der Waals surface area contributed by atoms with Crippen LogP contribution < -0.4 is 11.3 Å². The number of nitrogens with two attached hydrogens (primary N) is 1. The van der Waals surface area contributed by atoms with Crippen LogP contribution in [0.3, 0.4) is 0 Å². The number of rotatable bonds is 3. The molecule has 1 aromatic rings. The Morgan fingerprint density at radius 1 is 1.47 bits per heavy atom. The Kier molecular flexibility index (Phi) is 3.36. The second-order valence-corrected chi connectivity index (χ2v) is 5.44. The van der Waals surface area contributed by atoms with Gasteiger partial charge in [-0.25, -0.2) is 0 Å². The standard InChI is InChI=1S/C13H19N3O3/c1-9(2)13(19)7-16(8-13)12(18)6-15-5-10(14)3-4-11(15)17/h3-5,9,19H,6-8,14H2,1-2H3. The number of hydrogen-bond donors (Lipinski definition) is 2. The zero-order valence-electron chi connectivity index (χ0n) is 11.2. The number of nitrogen functional groups attached to an aromatic ring is 1. The number of β-amino-alcohol motifs (C(OH)–C–C–N with tert-alkyl or cyclic N) is 1. The fourth-order valence-electron chi connectivity index (χ4n) is 2.08. The molecule has 2 heterocycles. The number of hydrogen-bond acceptors (Lipinski definition) is 4. The van der Waals surface area contributed by atoms with Crippen LogP contribution in [-0.4, -0.2) is 39.2 Å². The maximum Gasteiger partial charge on any atom is 0.251 e. The van der Waals surface area contributed by atoms with E-state index < -0.39 is 5.60 Å². The molecule has 3 N–H and O–H groups in total. The van der Waals surface area contributed by atoms with E-state index in [9.17, 15) is 14.7 Å². The third-order valence-electron chi connectivity index (χ3n) is 3.67. The van der Waals surface area contributed by atoms with Crippen LogP contribution in [0.25, 0.3) is 0 Å². The maximum absolute atomic E-state index is 12.0. The summed E-state index contributed by atoms with van der Waals surface area (Å²) in [7, 11) is 0. The molecule has 0 aromatic carbocycles. The van der Waals surface area contributed by atoms with E-state index in [1.807, 2.05) is 13.8 Å². The zero-order chi connectivity index (χ0) is 14.2. The summed E-state index contributed by atoms with van der Waals surface area (Å²) >= 11 is 0. The fraction of sp³-hybridized carbons (Fsp3) is 0.538. The molecule has 1 amide bonds. The van der Waals surface area contributed by atoms with E-state index in [-0.39, 0.29) is 23.9 Å². The van der Waals surface area contributed by atoms with Gasteiger partial charge in [-0.05, 0) is 12.0 Å². The monoisotopic (exact) mass is 265 g/mol. The SMILES string of the molecule is CC(C)C1(O)CN(C(=O)Cn2cc(N)ccc2=O)C1. The molecule has 1 aliphatic heterocycles. The summed E-state index contributed by atoms with van der Waals surface area (Å²) in [5.74, 6) is -0.0790. The molecule has 6 heteroatoms. The Bertz CT molecular complexity index is 544. The number of nitrogens with zero attached hydrogens (tertiary/aromatic N) is 2. The first-order valence-electron chi connectivity index (χ1n) is 6.28. The molecule has 2 rings (SSSR count). The zero-order valence-corrected chi connectivity index (χ0v) is 11.2. The van der Waals surface area contributed by atoms with Crippen LogP contribution in [0, 0.1) is 5.92 Å². The van der Waals surface area contributed by atoms with Crippen molar-refractivity contribution in [2.45, 2.75) is 26.0 Å². The minimum absolute atomic E-state index is 0.0436. The predicted octanol–water partition coefficient (Wildman–Crippen LogP) is -0.340. The van der Waals surface area contributed by atoms with Crippen molar-refractivity contribution in [1.29, 1.82) is 0 Å². The summed E-state index contributed by atoms with van der Waals surface area (Å²) in [6.07, 6.45) is 1.45. The van der Waals surface area contributed by atoms with Crippen molar-refractivity contribution < 1.29 is 9.90 Å². The van der Waals surface area contributed by atoms with E-state index in [1.54, 1.807) is 4.90 Å². The van der Waals surface area contributed by atoms with Crippen molar-refractivity contribution in [3.63, 3.8) is 0 Å². The van der Waals surface area contributed by atoms with Crippen LogP contribution in [-0.2, 0) is 11.3 Å². The molecule has 0 unspecified atom stereocenters. The highest BCUT2D eigenvalue weighted by molar-refractivity contribution is 5.77. The van der Waals surface area contributed by atoms with Gasteiger partial charge in [0.1, 0.15) is 12.1 Å². The lowest BCUT2D eigenvalue weighted by atomic mass is 9.83. The second kappa shape index (κ2) is 4.70. The van der Waals surface area contributed by atoms with E-state index in [1.165, 1.54) is 22.9 Å². The average molecular weight is 265 g/mol. The van der Waals surface area contributed by atoms with Crippen LogP contribution in [0.1, 0.15) is 13.8 Å². The molecule has 0 spiro atoms. The van der Waals surface area contributed by atoms with Gasteiger partial charge in [-0.2, -0.15) is 0 Å². The average Bonchev–Trinajstić information content (AvgIpc) is 2.29. The molecule has 1 saturated heterocycles. The largest absolute Gasteiger partial charge is 0.398 e.